The molecular formula is C52H97NO5. The minimum Gasteiger partial charge on any atom is -0.462 e. The van der Waals surface area contributed by atoms with Crippen LogP contribution in [0.1, 0.15) is 258 Å². The van der Waals surface area contributed by atoms with E-state index in [1.807, 2.05) is 0 Å². The Hall–Kier alpha value is -1.92. The number of aliphatic hydroxyl groups is 2. The number of hydrogen-bond acceptors (Lipinski definition) is 5. The van der Waals surface area contributed by atoms with Crippen molar-refractivity contribution in [3.8, 4) is 0 Å². The summed E-state index contributed by atoms with van der Waals surface area (Å²) in [6.07, 6.45) is 53.5. The molecule has 0 bridgehead atoms. The maximum Gasteiger partial charge on any atom is 0.306 e. The molecule has 6 nitrogen and oxygen atoms in total. The molecule has 0 fully saturated rings. The maximum absolute atomic E-state index is 13.2. The Morgan fingerprint density at radius 1 is 0.517 bits per heavy atom. The van der Waals surface area contributed by atoms with Crippen molar-refractivity contribution in [2.75, 3.05) is 6.61 Å². The number of rotatable bonds is 45. The van der Waals surface area contributed by atoms with Crippen molar-refractivity contribution in [3.05, 3.63) is 36.5 Å². The summed E-state index contributed by atoms with van der Waals surface area (Å²) in [5.41, 5.74) is 0. The number of carbonyl (C=O) groups is 2. The highest BCUT2D eigenvalue weighted by atomic mass is 16.5. The number of nitrogens with one attached hydrogen (secondary N) is 1. The summed E-state index contributed by atoms with van der Waals surface area (Å²) in [4.78, 5) is 26.1. The Labute approximate surface area is 360 Å². The van der Waals surface area contributed by atoms with Gasteiger partial charge < -0.3 is 20.3 Å². The molecule has 0 aromatic rings. The third kappa shape index (κ3) is 40.8. The Morgan fingerprint density at radius 3 is 1.45 bits per heavy atom. The molecule has 0 saturated carbocycles. The molecule has 0 heterocycles. The smallest absolute Gasteiger partial charge is 0.306 e. The first-order valence-electron chi connectivity index (χ1n) is 25.2. The number of carbonyl (C=O) groups excluding carboxylic acids is 2. The van der Waals surface area contributed by atoms with Crippen molar-refractivity contribution in [1.29, 1.82) is 0 Å². The van der Waals surface area contributed by atoms with Crippen LogP contribution in [0.4, 0.5) is 0 Å². The molecule has 0 spiro atoms. The summed E-state index contributed by atoms with van der Waals surface area (Å²) < 4.78 is 5.90. The zero-order valence-electron chi connectivity index (χ0n) is 38.7. The molecule has 0 aromatic carbocycles. The average molecular weight is 816 g/mol. The summed E-state index contributed by atoms with van der Waals surface area (Å²) in [5, 5.41) is 23.7. The van der Waals surface area contributed by atoms with Crippen molar-refractivity contribution in [3.63, 3.8) is 0 Å². The van der Waals surface area contributed by atoms with E-state index >= 15 is 0 Å². The summed E-state index contributed by atoms with van der Waals surface area (Å²) in [6.45, 7) is 6.37. The second-order valence-electron chi connectivity index (χ2n) is 17.2. The molecule has 0 rings (SSSR count). The predicted molar refractivity (Wildman–Crippen MR) is 250 cm³/mol. The lowest BCUT2D eigenvalue weighted by molar-refractivity contribution is -0.151. The minimum atomic E-state index is -0.793. The molecule has 0 aliphatic rings. The SMILES string of the molecule is CC/C=C/C/C=C/CCCCCCCCCC(=O)OC(CCC/C=C\CCCCCCCCC)CC(=O)NC(CO)C(O)CCCCCCCCCCCCCCC. The van der Waals surface area contributed by atoms with Crippen LogP contribution in [-0.2, 0) is 14.3 Å². The van der Waals surface area contributed by atoms with E-state index in [1.165, 1.54) is 135 Å². The van der Waals surface area contributed by atoms with E-state index in [1.54, 1.807) is 0 Å². The van der Waals surface area contributed by atoms with Gasteiger partial charge in [0, 0.05) is 6.42 Å². The number of ether oxygens (including phenoxy) is 1. The Morgan fingerprint density at radius 2 is 0.948 bits per heavy atom. The fourth-order valence-electron chi connectivity index (χ4n) is 7.65. The van der Waals surface area contributed by atoms with Gasteiger partial charge in [0.05, 0.1) is 25.2 Å². The molecule has 0 aliphatic heterocycles. The Kier molecular flexibility index (Phi) is 44.6. The van der Waals surface area contributed by atoms with Gasteiger partial charge in [-0.1, -0.05) is 211 Å². The first-order valence-corrected chi connectivity index (χ1v) is 25.2. The molecule has 3 unspecified atom stereocenters. The topological polar surface area (TPSA) is 95.9 Å². The summed E-state index contributed by atoms with van der Waals surface area (Å²) in [6, 6.07) is -0.708. The third-order valence-electron chi connectivity index (χ3n) is 11.5. The van der Waals surface area contributed by atoms with Crippen molar-refractivity contribution >= 4 is 11.9 Å². The van der Waals surface area contributed by atoms with Gasteiger partial charge in [0.1, 0.15) is 6.10 Å². The van der Waals surface area contributed by atoms with Crippen molar-refractivity contribution < 1.29 is 24.5 Å². The summed E-state index contributed by atoms with van der Waals surface area (Å²) in [5.74, 6) is -0.506. The van der Waals surface area contributed by atoms with Crippen molar-refractivity contribution in [2.45, 2.75) is 277 Å². The van der Waals surface area contributed by atoms with Crippen molar-refractivity contribution in [1.82, 2.24) is 5.32 Å². The fourth-order valence-corrected chi connectivity index (χ4v) is 7.65. The quantitative estimate of drug-likeness (QED) is 0.0323. The highest BCUT2D eigenvalue weighted by Gasteiger charge is 2.24. The standard InChI is InChI=1S/C52H97NO5/c1-4-7-10-13-16-19-22-25-27-30-33-36-39-42-45-52(57)58-48(43-40-37-34-31-28-24-21-18-15-12-9-6-3)46-51(56)53-49(47-54)50(55)44-41-38-35-32-29-26-23-20-17-14-11-8-5-2/h7,10,16,19,31,34,48-50,54-55H,4-6,8-9,11-15,17-18,20-30,32-33,35-47H2,1-3H3,(H,53,56)/b10-7+,19-16+,34-31-. The molecule has 0 saturated heterocycles. The van der Waals surface area contributed by atoms with Crippen molar-refractivity contribution in [2.24, 2.45) is 0 Å². The Bertz CT molecular complexity index is 961. The van der Waals surface area contributed by atoms with Crippen LogP contribution in [0, 0.1) is 0 Å². The predicted octanol–water partition coefficient (Wildman–Crippen LogP) is 14.9. The van der Waals surface area contributed by atoms with E-state index in [4.69, 9.17) is 4.74 Å². The molecule has 58 heavy (non-hydrogen) atoms. The normalized spacial score (nSPS) is 13.5. The molecule has 0 aliphatic carbocycles. The van der Waals surface area contributed by atoms with Crippen LogP contribution >= 0.6 is 0 Å². The number of amides is 1. The van der Waals surface area contributed by atoms with E-state index in [9.17, 15) is 19.8 Å². The number of unbranched alkanes of at least 4 members (excludes halogenated alkanes) is 27. The zero-order valence-corrected chi connectivity index (χ0v) is 38.7. The molecular weight excluding hydrogens is 719 g/mol. The largest absolute Gasteiger partial charge is 0.462 e. The molecule has 3 atom stereocenters. The molecule has 6 heteroatoms. The third-order valence-corrected chi connectivity index (χ3v) is 11.5. The van der Waals surface area contributed by atoms with Gasteiger partial charge in [-0.05, 0) is 70.6 Å². The van der Waals surface area contributed by atoms with Gasteiger partial charge in [-0.25, -0.2) is 0 Å². The zero-order chi connectivity index (χ0) is 42.4. The highest BCUT2D eigenvalue weighted by molar-refractivity contribution is 5.77. The van der Waals surface area contributed by atoms with Gasteiger partial charge in [-0.15, -0.1) is 0 Å². The van der Waals surface area contributed by atoms with Gasteiger partial charge in [0.15, 0.2) is 0 Å². The first kappa shape index (κ1) is 56.1. The number of esters is 1. The van der Waals surface area contributed by atoms with Crippen LogP contribution in [0.5, 0.6) is 0 Å². The average Bonchev–Trinajstić information content (AvgIpc) is 3.22. The van der Waals surface area contributed by atoms with E-state index in [0.29, 0.717) is 19.3 Å². The lowest BCUT2D eigenvalue weighted by Gasteiger charge is -2.24. The number of aliphatic hydroxyl groups excluding tert-OH is 2. The van der Waals surface area contributed by atoms with E-state index < -0.39 is 18.2 Å². The molecule has 1 amide bonds. The van der Waals surface area contributed by atoms with Crippen LogP contribution in [0.15, 0.2) is 36.5 Å². The van der Waals surface area contributed by atoms with E-state index in [0.717, 1.165) is 77.0 Å². The van der Waals surface area contributed by atoms with Crippen LogP contribution in [-0.4, -0.2) is 46.9 Å². The highest BCUT2D eigenvalue weighted by Crippen LogP contribution is 2.17. The molecule has 340 valence electrons. The summed E-state index contributed by atoms with van der Waals surface area (Å²) in [7, 11) is 0. The minimum absolute atomic E-state index is 0.0556. The van der Waals surface area contributed by atoms with Gasteiger partial charge in [-0.2, -0.15) is 0 Å². The second-order valence-corrected chi connectivity index (χ2v) is 17.2. The number of allylic oxidation sites excluding steroid dienone is 6. The van der Waals surface area contributed by atoms with Gasteiger partial charge in [0.2, 0.25) is 5.91 Å². The fraction of sp³-hybridized carbons (Fsp3) is 0.846. The number of hydrogen-bond donors (Lipinski definition) is 3. The Balaban J connectivity index is 4.58. The van der Waals surface area contributed by atoms with Crippen LogP contribution in [0.3, 0.4) is 0 Å². The van der Waals surface area contributed by atoms with Crippen LogP contribution in [0.2, 0.25) is 0 Å². The molecule has 0 aromatic heterocycles. The van der Waals surface area contributed by atoms with Crippen LogP contribution in [0.25, 0.3) is 0 Å². The lowest BCUT2D eigenvalue weighted by Crippen LogP contribution is -2.46. The second kappa shape index (κ2) is 46.2. The molecule has 3 N–H and O–H groups in total. The van der Waals surface area contributed by atoms with E-state index in [-0.39, 0.29) is 24.9 Å². The molecule has 0 radical (unpaired) electrons. The summed E-state index contributed by atoms with van der Waals surface area (Å²) >= 11 is 0. The lowest BCUT2D eigenvalue weighted by atomic mass is 10.0. The van der Waals surface area contributed by atoms with Gasteiger partial charge in [0.25, 0.3) is 0 Å². The van der Waals surface area contributed by atoms with E-state index in [2.05, 4.69) is 62.5 Å². The monoisotopic (exact) mass is 816 g/mol. The first-order chi connectivity index (χ1) is 28.5. The van der Waals surface area contributed by atoms with Crippen LogP contribution < -0.4 is 5.32 Å². The van der Waals surface area contributed by atoms with Gasteiger partial charge in [-0.3, -0.25) is 9.59 Å². The maximum atomic E-state index is 13.2. The van der Waals surface area contributed by atoms with Gasteiger partial charge >= 0.3 is 5.97 Å².